The molecule has 0 saturated heterocycles. The lowest BCUT2D eigenvalue weighted by molar-refractivity contribution is 0.0988. The Labute approximate surface area is 88.8 Å². The lowest BCUT2D eigenvalue weighted by Gasteiger charge is -2.48. The van der Waals surface area contributed by atoms with E-state index < -0.39 is 0 Å². The van der Waals surface area contributed by atoms with Gasteiger partial charge in [0.15, 0.2) is 0 Å². The van der Waals surface area contributed by atoms with Crippen LogP contribution in [-0.4, -0.2) is 25.7 Å². The van der Waals surface area contributed by atoms with Crippen molar-refractivity contribution in [3.63, 3.8) is 0 Å². The molecule has 0 amide bonds. The standard InChI is InChI=1S/C12H26N2/c1-6-11(2,3)12(14-5)9-7-8-10(12)13-4/h10,13-14H,6-9H2,1-5H3. The average molecular weight is 198 g/mol. The minimum absolute atomic E-state index is 0.288. The van der Waals surface area contributed by atoms with E-state index in [0.717, 1.165) is 0 Å². The summed E-state index contributed by atoms with van der Waals surface area (Å²) in [5.74, 6) is 0. The van der Waals surface area contributed by atoms with Crippen LogP contribution in [0, 0.1) is 5.41 Å². The number of rotatable bonds is 4. The Kier molecular flexibility index (Phi) is 3.59. The third-order valence-corrected chi connectivity index (χ3v) is 4.54. The fourth-order valence-corrected chi connectivity index (χ4v) is 3.16. The first kappa shape index (κ1) is 12.0. The smallest absolute Gasteiger partial charge is 0.0384 e. The molecule has 0 bridgehead atoms. The van der Waals surface area contributed by atoms with E-state index in [-0.39, 0.29) is 5.54 Å². The highest BCUT2D eigenvalue weighted by Crippen LogP contribution is 2.45. The summed E-state index contributed by atoms with van der Waals surface area (Å²) in [4.78, 5) is 0. The molecule has 2 nitrogen and oxygen atoms in total. The van der Waals surface area contributed by atoms with Gasteiger partial charge in [-0.2, -0.15) is 0 Å². The zero-order valence-corrected chi connectivity index (χ0v) is 10.4. The maximum atomic E-state index is 3.61. The van der Waals surface area contributed by atoms with E-state index in [1.807, 2.05) is 0 Å². The second-order valence-electron chi connectivity index (χ2n) is 5.19. The predicted octanol–water partition coefficient (Wildman–Crippen LogP) is 2.15. The zero-order valence-electron chi connectivity index (χ0n) is 10.4. The molecule has 0 aliphatic heterocycles. The zero-order chi connectivity index (χ0) is 10.8. The Morgan fingerprint density at radius 2 is 2.00 bits per heavy atom. The average Bonchev–Trinajstić information content (AvgIpc) is 2.61. The van der Waals surface area contributed by atoms with Gasteiger partial charge in [-0.3, -0.25) is 0 Å². The first-order valence-electron chi connectivity index (χ1n) is 5.90. The summed E-state index contributed by atoms with van der Waals surface area (Å²) in [6.45, 7) is 7.07. The van der Waals surface area contributed by atoms with E-state index in [1.165, 1.54) is 25.7 Å². The number of hydrogen-bond donors (Lipinski definition) is 2. The summed E-state index contributed by atoms with van der Waals surface area (Å²) >= 11 is 0. The van der Waals surface area contributed by atoms with Crippen LogP contribution in [0.25, 0.3) is 0 Å². The molecule has 1 aliphatic carbocycles. The van der Waals surface area contributed by atoms with Crippen LogP contribution in [0.3, 0.4) is 0 Å². The van der Waals surface area contributed by atoms with Crippen LogP contribution in [0.1, 0.15) is 46.5 Å². The molecule has 0 aromatic rings. The van der Waals surface area contributed by atoms with E-state index in [4.69, 9.17) is 0 Å². The molecule has 84 valence electrons. The molecule has 0 aromatic carbocycles. The molecule has 1 rings (SSSR count). The van der Waals surface area contributed by atoms with Gasteiger partial charge in [-0.15, -0.1) is 0 Å². The molecule has 0 heterocycles. The largest absolute Gasteiger partial charge is 0.315 e. The van der Waals surface area contributed by atoms with Crippen LogP contribution >= 0.6 is 0 Å². The minimum atomic E-state index is 0.288. The Morgan fingerprint density at radius 3 is 2.43 bits per heavy atom. The quantitative estimate of drug-likeness (QED) is 0.723. The molecule has 2 heteroatoms. The molecular weight excluding hydrogens is 172 g/mol. The lowest BCUT2D eigenvalue weighted by Crippen LogP contribution is -2.62. The summed E-state index contributed by atoms with van der Waals surface area (Å²) < 4.78 is 0. The Morgan fingerprint density at radius 1 is 1.36 bits per heavy atom. The predicted molar refractivity (Wildman–Crippen MR) is 62.6 cm³/mol. The van der Waals surface area contributed by atoms with Crippen LogP contribution in [0.4, 0.5) is 0 Å². The Hall–Kier alpha value is -0.0800. The van der Waals surface area contributed by atoms with Gasteiger partial charge in [-0.25, -0.2) is 0 Å². The third-order valence-electron chi connectivity index (χ3n) is 4.54. The van der Waals surface area contributed by atoms with Crippen LogP contribution < -0.4 is 10.6 Å². The van der Waals surface area contributed by atoms with Gasteiger partial charge in [0.1, 0.15) is 0 Å². The number of hydrogen-bond acceptors (Lipinski definition) is 2. The van der Waals surface area contributed by atoms with Crippen molar-refractivity contribution in [2.24, 2.45) is 5.41 Å². The van der Waals surface area contributed by atoms with Gasteiger partial charge in [-0.05, 0) is 45.2 Å². The van der Waals surface area contributed by atoms with Crippen LogP contribution in [-0.2, 0) is 0 Å². The second kappa shape index (κ2) is 4.19. The molecule has 1 aliphatic rings. The molecule has 2 N–H and O–H groups in total. The fraction of sp³-hybridized carbons (Fsp3) is 1.00. The highest BCUT2D eigenvalue weighted by Gasteiger charge is 2.50. The molecule has 0 spiro atoms. The maximum Gasteiger partial charge on any atom is 0.0384 e. The maximum absolute atomic E-state index is 3.61. The van der Waals surface area contributed by atoms with Crippen molar-refractivity contribution < 1.29 is 0 Å². The molecule has 1 fully saturated rings. The number of likely N-dealkylation sites (N-methyl/N-ethyl adjacent to an activating group) is 2. The van der Waals surface area contributed by atoms with E-state index in [1.54, 1.807) is 0 Å². The van der Waals surface area contributed by atoms with Gasteiger partial charge in [0.25, 0.3) is 0 Å². The highest BCUT2D eigenvalue weighted by molar-refractivity contribution is 5.10. The number of nitrogens with one attached hydrogen (secondary N) is 2. The molecule has 2 atom stereocenters. The van der Waals surface area contributed by atoms with Crippen molar-refractivity contribution in [3.8, 4) is 0 Å². The molecule has 1 saturated carbocycles. The second-order valence-corrected chi connectivity index (χ2v) is 5.19. The Bertz CT molecular complexity index is 189. The topological polar surface area (TPSA) is 24.1 Å². The van der Waals surface area contributed by atoms with Gasteiger partial charge < -0.3 is 10.6 Å². The summed E-state index contributed by atoms with van der Waals surface area (Å²) in [6.07, 6.45) is 5.18. The van der Waals surface area contributed by atoms with Gasteiger partial charge in [0.2, 0.25) is 0 Å². The first-order chi connectivity index (χ1) is 6.54. The van der Waals surface area contributed by atoms with Crippen molar-refractivity contribution in [2.45, 2.75) is 58.0 Å². The van der Waals surface area contributed by atoms with Gasteiger partial charge in [0, 0.05) is 11.6 Å². The van der Waals surface area contributed by atoms with Crippen LogP contribution in [0.15, 0.2) is 0 Å². The van der Waals surface area contributed by atoms with Crippen LogP contribution in [0.2, 0.25) is 0 Å². The summed E-state index contributed by atoms with van der Waals surface area (Å²) in [5.41, 5.74) is 0.655. The van der Waals surface area contributed by atoms with E-state index in [9.17, 15) is 0 Å². The Balaban J connectivity index is 2.95. The SMILES string of the molecule is CCC(C)(C)C1(NC)CCCC1NC. The van der Waals surface area contributed by atoms with Gasteiger partial charge in [0.05, 0.1) is 0 Å². The summed E-state index contributed by atoms with van der Waals surface area (Å²) in [7, 11) is 4.21. The van der Waals surface area contributed by atoms with Crippen molar-refractivity contribution in [1.82, 2.24) is 10.6 Å². The molecule has 0 radical (unpaired) electrons. The highest BCUT2D eigenvalue weighted by atomic mass is 15.1. The van der Waals surface area contributed by atoms with Crippen molar-refractivity contribution in [3.05, 3.63) is 0 Å². The van der Waals surface area contributed by atoms with E-state index in [0.29, 0.717) is 11.5 Å². The van der Waals surface area contributed by atoms with Crippen molar-refractivity contribution >= 4 is 0 Å². The normalized spacial score (nSPS) is 33.6. The summed E-state index contributed by atoms with van der Waals surface area (Å²) in [5, 5.41) is 7.09. The molecule has 2 unspecified atom stereocenters. The van der Waals surface area contributed by atoms with Crippen molar-refractivity contribution in [1.29, 1.82) is 0 Å². The van der Waals surface area contributed by atoms with E-state index in [2.05, 4.69) is 45.5 Å². The summed E-state index contributed by atoms with van der Waals surface area (Å²) in [6, 6.07) is 0.627. The fourth-order valence-electron chi connectivity index (χ4n) is 3.16. The third kappa shape index (κ3) is 1.59. The molecule has 14 heavy (non-hydrogen) atoms. The van der Waals surface area contributed by atoms with Crippen LogP contribution in [0.5, 0.6) is 0 Å². The monoisotopic (exact) mass is 198 g/mol. The van der Waals surface area contributed by atoms with Crippen molar-refractivity contribution in [2.75, 3.05) is 14.1 Å². The molecule has 0 aromatic heterocycles. The minimum Gasteiger partial charge on any atom is -0.315 e. The van der Waals surface area contributed by atoms with Gasteiger partial charge in [-0.1, -0.05) is 20.8 Å². The molecular formula is C12H26N2. The van der Waals surface area contributed by atoms with E-state index >= 15 is 0 Å². The first-order valence-corrected chi connectivity index (χ1v) is 5.90. The lowest BCUT2D eigenvalue weighted by atomic mass is 9.67. The van der Waals surface area contributed by atoms with Gasteiger partial charge >= 0.3 is 0 Å².